The number of nitrogens with one attached hydrogen (secondary N) is 1. The molecule has 1 rings (SSSR count). The van der Waals surface area contributed by atoms with Gasteiger partial charge in [-0.25, -0.2) is 4.79 Å². The van der Waals surface area contributed by atoms with E-state index < -0.39 is 5.60 Å². The molecule has 1 N–H and O–H groups in total. The van der Waals surface area contributed by atoms with Gasteiger partial charge in [0.1, 0.15) is 5.60 Å². The molecular weight excluding hydrogens is 268 g/mol. The number of amides is 1. The van der Waals surface area contributed by atoms with E-state index in [0.29, 0.717) is 19.6 Å². The second-order valence-corrected chi connectivity index (χ2v) is 5.79. The molecule has 0 aliphatic carbocycles. The van der Waals surface area contributed by atoms with E-state index in [1.165, 1.54) is 0 Å². The number of carbonyl (C=O) groups excluding carboxylic acids is 1. The standard InChI is InChI=1S/C15H26N4O2/c1-5-19(14(20)21-15(2,3)4)10-6-7-16-11-13-12-17-8-9-18-13/h8-9,12,16H,5-7,10-11H2,1-4H3. The summed E-state index contributed by atoms with van der Waals surface area (Å²) in [5.41, 5.74) is 0.464. The van der Waals surface area contributed by atoms with Crippen LogP contribution in [-0.4, -0.2) is 46.2 Å². The van der Waals surface area contributed by atoms with Gasteiger partial charge in [0.2, 0.25) is 0 Å². The first-order valence-corrected chi connectivity index (χ1v) is 7.36. The lowest BCUT2D eigenvalue weighted by Crippen LogP contribution is -2.38. The van der Waals surface area contributed by atoms with Crippen LogP contribution in [0.4, 0.5) is 4.79 Å². The Labute approximate surface area is 126 Å². The third-order valence-corrected chi connectivity index (χ3v) is 2.74. The molecule has 6 nitrogen and oxygen atoms in total. The van der Waals surface area contributed by atoms with Gasteiger partial charge in [0.25, 0.3) is 0 Å². The molecule has 0 fully saturated rings. The van der Waals surface area contributed by atoms with Gasteiger partial charge in [-0.1, -0.05) is 0 Å². The van der Waals surface area contributed by atoms with Gasteiger partial charge < -0.3 is 15.0 Å². The molecule has 0 aliphatic rings. The third kappa shape index (κ3) is 7.60. The van der Waals surface area contributed by atoms with E-state index >= 15 is 0 Å². The second-order valence-electron chi connectivity index (χ2n) is 5.79. The van der Waals surface area contributed by atoms with Crippen molar-refractivity contribution in [3.8, 4) is 0 Å². The van der Waals surface area contributed by atoms with E-state index in [2.05, 4.69) is 15.3 Å². The van der Waals surface area contributed by atoms with Gasteiger partial charge in [-0.3, -0.25) is 9.97 Å². The zero-order valence-corrected chi connectivity index (χ0v) is 13.4. The van der Waals surface area contributed by atoms with Crippen LogP contribution in [0.2, 0.25) is 0 Å². The Hall–Kier alpha value is -1.69. The number of hydrogen-bond acceptors (Lipinski definition) is 5. The lowest BCUT2D eigenvalue weighted by Gasteiger charge is -2.26. The smallest absolute Gasteiger partial charge is 0.410 e. The van der Waals surface area contributed by atoms with E-state index in [-0.39, 0.29) is 6.09 Å². The zero-order chi connectivity index (χ0) is 15.7. The first-order chi connectivity index (χ1) is 9.92. The predicted molar refractivity (Wildman–Crippen MR) is 81.8 cm³/mol. The van der Waals surface area contributed by atoms with Crippen LogP contribution in [0.1, 0.15) is 39.8 Å². The van der Waals surface area contributed by atoms with Crippen LogP contribution in [0.25, 0.3) is 0 Å². The molecule has 1 aromatic heterocycles. The molecule has 1 amide bonds. The number of aromatic nitrogens is 2. The molecule has 0 unspecified atom stereocenters. The van der Waals surface area contributed by atoms with Crippen molar-refractivity contribution in [2.24, 2.45) is 0 Å². The van der Waals surface area contributed by atoms with E-state index in [1.807, 2.05) is 27.7 Å². The SMILES string of the molecule is CCN(CCCNCc1cnccn1)C(=O)OC(C)(C)C. The van der Waals surface area contributed by atoms with Crippen LogP contribution in [0.15, 0.2) is 18.6 Å². The van der Waals surface area contributed by atoms with E-state index in [1.54, 1.807) is 23.5 Å². The molecule has 118 valence electrons. The average Bonchev–Trinajstić information content (AvgIpc) is 2.42. The summed E-state index contributed by atoms with van der Waals surface area (Å²) in [6.07, 6.45) is 5.69. The highest BCUT2D eigenvalue weighted by atomic mass is 16.6. The molecule has 0 saturated carbocycles. The Kier molecular flexibility index (Phi) is 7.08. The predicted octanol–water partition coefficient (Wildman–Crippen LogP) is 2.21. The molecule has 0 aliphatic heterocycles. The molecule has 21 heavy (non-hydrogen) atoms. The summed E-state index contributed by atoms with van der Waals surface area (Å²) in [4.78, 5) is 21.9. The lowest BCUT2D eigenvalue weighted by molar-refractivity contribution is 0.0258. The van der Waals surface area contributed by atoms with E-state index in [9.17, 15) is 4.79 Å². The maximum Gasteiger partial charge on any atom is 0.410 e. The molecule has 0 aromatic carbocycles. The van der Waals surface area contributed by atoms with Crippen LogP contribution < -0.4 is 5.32 Å². The van der Waals surface area contributed by atoms with Crippen molar-refractivity contribution in [3.05, 3.63) is 24.3 Å². The molecule has 0 saturated heterocycles. The topological polar surface area (TPSA) is 67.3 Å². The first kappa shape index (κ1) is 17.4. The molecule has 1 aromatic rings. The fourth-order valence-electron chi connectivity index (χ4n) is 1.74. The van der Waals surface area contributed by atoms with E-state index in [4.69, 9.17) is 4.74 Å². The number of hydrogen-bond donors (Lipinski definition) is 1. The monoisotopic (exact) mass is 294 g/mol. The molecule has 0 spiro atoms. The van der Waals surface area contributed by atoms with Crippen molar-refractivity contribution in [1.82, 2.24) is 20.2 Å². The summed E-state index contributed by atoms with van der Waals surface area (Å²) >= 11 is 0. The number of rotatable bonds is 7. The molecule has 0 bridgehead atoms. The van der Waals surface area contributed by atoms with Crippen molar-refractivity contribution in [3.63, 3.8) is 0 Å². The van der Waals surface area contributed by atoms with Crippen LogP contribution in [0, 0.1) is 0 Å². The molecule has 1 heterocycles. The summed E-state index contributed by atoms with van der Waals surface area (Å²) in [5, 5.41) is 3.29. The van der Waals surface area contributed by atoms with Gasteiger partial charge in [0.15, 0.2) is 0 Å². The van der Waals surface area contributed by atoms with Crippen molar-refractivity contribution in [1.29, 1.82) is 0 Å². The number of carbonyl (C=O) groups is 1. The van der Waals surface area contributed by atoms with Crippen molar-refractivity contribution in [2.75, 3.05) is 19.6 Å². The minimum atomic E-state index is -0.450. The van der Waals surface area contributed by atoms with Crippen molar-refractivity contribution >= 4 is 6.09 Å². The Morgan fingerprint density at radius 2 is 2.14 bits per heavy atom. The second kappa shape index (κ2) is 8.56. The minimum absolute atomic E-state index is 0.251. The first-order valence-electron chi connectivity index (χ1n) is 7.36. The fourth-order valence-corrected chi connectivity index (χ4v) is 1.74. The summed E-state index contributed by atoms with van der Waals surface area (Å²) in [7, 11) is 0. The zero-order valence-electron chi connectivity index (χ0n) is 13.4. The highest BCUT2D eigenvalue weighted by Crippen LogP contribution is 2.09. The van der Waals surface area contributed by atoms with Crippen LogP contribution in [0.5, 0.6) is 0 Å². The largest absolute Gasteiger partial charge is 0.444 e. The van der Waals surface area contributed by atoms with Gasteiger partial charge in [-0.05, 0) is 40.7 Å². The highest BCUT2D eigenvalue weighted by Gasteiger charge is 2.20. The van der Waals surface area contributed by atoms with Gasteiger partial charge in [-0.2, -0.15) is 0 Å². The summed E-state index contributed by atoms with van der Waals surface area (Å²) in [6, 6.07) is 0. The lowest BCUT2D eigenvalue weighted by atomic mass is 10.2. The van der Waals surface area contributed by atoms with Crippen LogP contribution in [-0.2, 0) is 11.3 Å². The Morgan fingerprint density at radius 3 is 2.71 bits per heavy atom. The highest BCUT2D eigenvalue weighted by molar-refractivity contribution is 5.68. The van der Waals surface area contributed by atoms with Crippen LogP contribution >= 0.6 is 0 Å². The molecule has 0 atom stereocenters. The third-order valence-electron chi connectivity index (χ3n) is 2.74. The number of ether oxygens (including phenoxy) is 1. The van der Waals surface area contributed by atoms with Crippen molar-refractivity contribution in [2.45, 2.75) is 46.3 Å². The quantitative estimate of drug-likeness (QED) is 0.781. The Bertz CT molecular complexity index is 417. The van der Waals surface area contributed by atoms with Crippen LogP contribution in [0.3, 0.4) is 0 Å². The minimum Gasteiger partial charge on any atom is -0.444 e. The molecule has 6 heteroatoms. The maximum atomic E-state index is 11.9. The normalized spacial score (nSPS) is 11.2. The summed E-state index contributed by atoms with van der Waals surface area (Å²) < 4.78 is 5.37. The summed E-state index contributed by atoms with van der Waals surface area (Å²) in [5.74, 6) is 0. The van der Waals surface area contributed by atoms with E-state index in [0.717, 1.165) is 18.7 Å². The van der Waals surface area contributed by atoms with Gasteiger partial charge in [-0.15, -0.1) is 0 Å². The molecular formula is C15H26N4O2. The average molecular weight is 294 g/mol. The Morgan fingerprint density at radius 1 is 1.38 bits per heavy atom. The maximum absolute atomic E-state index is 11.9. The van der Waals surface area contributed by atoms with Gasteiger partial charge in [0.05, 0.1) is 5.69 Å². The number of nitrogens with zero attached hydrogens (tertiary/aromatic N) is 3. The van der Waals surface area contributed by atoms with Gasteiger partial charge >= 0.3 is 6.09 Å². The Balaban J connectivity index is 2.22. The fraction of sp³-hybridized carbons (Fsp3) is 0.667. The van der Waals surface area contributed by atoms with Crippen molar-refractivity contribution < 1.29 is 9.53 Å². The van der Waals surface area contributed by atoms with Gasteiger partial charge in [0, 0.05) is 38.2 Å². The summed E-state index contributed by atoms with van der Waals surface area (Å²) in [6.45, 7) is 10.4. The molecule has 0 radical (unpaired) electrons.